The zero-order valence-electron chi connectivity index (χ0n) is 10.7. The summed E-state index contributed by atoms with van der Waals surface area (Å²) in [5.74, 6) is 0.780. The predicted octanol–water partition coefficient (Wildman–Crippen LogP) is 1.25. The third-order valence-corrected chi connectivity index (χ3v) is 4.35. The smallest absolute Gasteiger partial charge is 0.255 e. The molecule has 3 saturated heterocycles. The van der Waals surface area contributed by atoms with Gasteiger partial charge in [-0.2, -0.15) is 0 Å². The van der Waals surface area contributed by atoms with Crippen molar-refractivity contribution in [1.82, 2.24) is 14.8 Å². The van der Waals surface area contributed by atoms with Gasteiger partial charge in [-0.25, -0.2) is 0 Å². The third-order valence-electron chi connectivity index (χ3n) is 4.35. The van der Waals surface area contributed by atoms with E-state index >= 15 is 0 Å². The fraction of sp³-hybridized carbons (Fsp3) is 0.571. The van der Waals surface area contributed by atoms with Gasteiger partial charge in [0.15, 0.2) is 0 Å². The van der Waals surface area contributed by atoms with Crippen molar-refractivity contribution >= 4 is 5.91 Å². The number of amides is 1. The highest BCUT2D eigenvalue weighted by Crippen LogP contribution is 2.30. The van der Waals surface area contributed by atoms with E-state index in [1.54, 1.807) is 12.4 Å². The molecule has 4 nitrogen and oxygen atoms in total. The normalized spacial score (nSPS) is 30.2. The number of nitrogens with zero attached hydrogens (tertiary/aromatic N) is 3. The molecular formula is C14H19N3O. The molecule has 3 aliphatic rings. The van der Waals surface area contributed by atoms with Gasteiger partial charge in [-0.15, -0.1) is 0 Å². The highest BCUT2D eigenvalue weighted by molar-refractivity contribution is 5.93. The zero-order valence-corrected chi connectivity index (χ0v) is 10.7. The van der Waals surface area contributed by atoms with Crippen molar-refractivity contribution in [3.63, 3.8) is 0 Å². The Balaban J connectivity index is 1.75. The number of piperidine rings is 3. The first-order valence-corrected chi connectivity index (χ1v) is 6.65. The average molecular weight is 245 g/mol. The van der Waals surface area contributed by atoms with Crippen molar-refractivity contribution in [2.45, 2.75) is 18.9 Å². The highest BCUT2D eigenvalue weighted by atomic mass is 16.2. The minimum atomic E-state index is 0.0989. The lowest BCUT2D eigenvalue weighted by Crippen LogP contribution is -2.57. The average Bonchev–Trinajstić information content (AvgIpc) is 2.48. The molecule has 96 valence electrons. The maximum atomic E-state index is 12.4. The third kappa shape index (κ3) is 2.01. The first-order valence-electron chi connectivity index (χ1n) is 6.65. The lowest BCUT2D eigenvalue weighted by molar-refractivity contribution is 0.0162. The van der Waals surface area contributed by atoms with Crippen molar-refractivity contribution in [2.24, 2.45) is 5.92 Å². The largest absolute Gasteiger partial charge is 0.337 e. The highest BCUT2D eigenvalue weighted by Gasteiger charge is 2.37. The van der Waals surface area contributed by atoms with Crippen molar-refractivity contribution in [3.8, 4) is 0 Å². The van der Waals surface area contributed by atoms with Crippen LogP contribution in [0.3, 0.4) is 0 Å². The summed E-state index contributed by atoms with van der Waals surface area (Å²) < 4.78 is 0. The molecule has 0 N–H and O–H groups in total. The van der Waals surface area contributed by atoms with Crippen LogP contribution in [0.5, 0.6) is 0 Å². The van der Waals surface area contributed by atoms with Crippen LogP contribution in [0.25, 0.3) is 0 Å². The Bertz CT molecular complexity index is 426. The summed E-state index contributed by atoms with van der Waals surface area (Å²) >= 11 is 0. The molecule has 4 rings (SSSR count). The van der Waals surface area contributed by atoms with Crippen LogP contribution in [0.4, 0.5) is 0 Å². The fourth-order valence-corrected chi connectivity index (χ4v) is 3.22. The number of hydrogen-bond acceptors (Lipinski definition) is 3. The van der Waals surface area contributed by atoms with E-state index in [0.717, 1.165) is 6.54 Å². The van der Waals surface area contributed by atoms with Crippen LogP contribution in [0.2, 0.25) is 0 Å². The number of aromatic nitrogens is 1. The quantitative estimate of drug-likeness (QED) is 0.787. The molecule has 3 fully saturated rings. The molecule has 0 spiro atoms. The molecule has 1 amide bonds. The Morgan fingerprint density at radius 1 is 1.44 bits per heavy atom. The van der Waals surface area contributed by atoms with E-state index < -0.39 is 0 Å². The van der Waals surface area contributed by atoms with Crippen LogP contribution in [0, 0.1) is 5.92 Å². The second-order valence-electron chi connectivity index (χ2n) is 5.36. The van der Waals surface area contributed by atoms with Crippen LogP contribution in [0.15, 0.2) is 24.5 Å². The van der Waals surface area contributed by atoms with E-state index in [9.17, 15) is 4.79 Å². The first-order chi connectivity index (χ1) is 8.75. The molecule has 0 unspecified atom stereocenters. The van der Waals surface area contributed by atoms with Gasteiger partial charge >= 0.3 is 0 Å². The Morgan fingerprint density at radius 2 is 2.22 bits per heavy atom. The molecule has 2 bridgehead atoms. The lowest BCUT2D eigenvalue weighted by atomic mass is 9.83. The van der Waals surface area contributed by atoms with E-state index in [2.05, 4.69) is 9.88 Å². The molecule has 1 aromatic heterocycles. The number of likely N-dealkylation sites (N-methyl/N-ethyl adjacent to an activating group) is 1. The minimum absolute atomic E-state index is 0.0989. The Hall–Kier alpha value is -1.42. The summed E-state index contributed by atoms with van der Waals surface area (Å²) in [4.78, 5) is 20.8. The lowest BCUT2D eigenvalue weighted by Gasteiger charge is -2.48. The Labute approximate surface area is 108 Å². The molecule has 1 aromatic rings. The summed E-state index contributed by atoms with van der Waals surface area (Å²) in [7, 11) is 1.93. The van der Waals surface area contributed by atoms with Crippen molar-refractivity contribution in [2.75, 3.05) is 26.7 Å². The number of pyridine rings is 1. The van der Waals surface area contributed by atoms with E-state index in [1.165, 1.54) is 25.9 Å². The van der Waals surface area contributed by atoms with Gasteiger partial charge in [0.05, 0.1) is 5.56 Å². The molecule has 3 aliphatic heterocycles. The van der Waals surface area contributed by atoms with Gasteiger partial charge in [-0.1, -0.05) is 0 Å². The molecule has 1 atom stereocenters. The summed E-state index contributed by atoms with van der Waals surface area (Å²) in [5.41, 5.74) is 0.691. The number of carbonyl (C=O) groups is 1. The van der Waals surface area contributed by atoms with Gasteiger partial charge in [-0.05, 0) is 44.0 Å². The second-order valence-corrected chi connectivity index (χ2v) is 5.36. The number of rotatable bonds is 2. The van der Waals surface area contributed by atoms with E-state index in [0.29, 0.717) is 17.5 Å². The van der Waals surface area contributed by atoms with Crippen molar-refractivity contribution in [1.29, 1.82) is 0 Å². The molecule has 4 heterocycles. The SMILES string of the molecule is CN(C(=O)c1cccnc1)[C@@H]1CN2CCC1CC2. The van der Waals surface area contributed by atoms with Crippen LogP contribution >= 0.6 is 0 Å². The van der Waals surface area contributed by atoms with Crippen LogP contribution in [-0.4, -0.2) is 53.4 Å². The number of carbonyl (C=O) groups excluding carboxylic acids is 1. The van der Waals surface area contributed by atoms with Crippen LogP contribution in [0.1, 0.15) is 23.2 Å². The first kappa shape index (κ1) is 11.7. The standard InChI is InChI=1S/C14H19N3O/c1-16(14(18)12-3-2-6-15-9-12)13-10-17-7-4-11(13)5-8-17/h2-3,6,9,11,13H,4-5,7-8,10H2,1H3/t13-/m1/s1. The molecule has 18 heavy (non-hydrogen) atoms. The van der Waals surface area contributed by atoms with Gasteiger partial charge in [0, 0.05) is 32.0 Å². The summed E-state index contributed by atoms with van der Waals surface area (Å²) in [6, 6.07) is 4.03. The van der Waals surface area contributed by atoms with Gasteiger partial charge in [0.1, 0.15) is 0 Å². The predicted molar refractivity (Wildman–Crippen MR) is 69.3 cm³/mol. The van der Waals surface area contributed by atoms with Gasteiger partial charge in [0.2, 0.25) is 0 Å². The van der Waals surface area contributed by atoms with Crippen LogP contribution < -0.4 is 0 Å². The number of fused-ring (bicyclic) bond motifs is 3. The monoisotopic (exact) mass is 245 g/mol. The van der Waals surface area contributed by atoms with E-state index in [4.69, 9.17) is 0 Å². The van der Waals surface area contributed by atoms with Gasteiger partial charge in [0.25, 0.3) is 5.91 Å². The van der Waals surface area contributed by atoms with Gasteiger partial charge in [-0.3, -0.25) is 9.78 Å². The van der Waals surface area contributed by atoms with E-state index in [-0.39, 0.29) is 5.91 Å². The minimum Gasteiger partial charge on any atom is -0.337 e. The second kappa shape index (κ2) is 4.69. The molecule has 0 aromatic carbocycles. The summed E-state index contributed by atoms with van der Waals surface area (Å²) in [6.07, 6.45) is 5.82. The molecular weight excluding hydrogens is 226 g/mol. The zero-order chi connectivity index (χ0) is 12.5. The maximum Gasteiger partial charge on any atom is 0.255 e. The fourth-order valence-electron chi connectivity index (χ4n) is 3.22. The van der Waals surface area contributed by atoms with Crippen molar-refractivity contribution < 1.29 is 4.79 Å². The Kier molecular flexibility index (Phi) is 3.04. The van der Waals surface area contributed by atoms with Crippen LogP contribution in [-0.2, 0) is 0 Å². The molecule has 4 heteroatoms. The summed E-state index contributed by atoms with van der Waals surface area (Å²) in [5, 5.41) is 0. The molecule has 0 saturated carbocycles. The van der Waals surface area contributed by atoms with Gasteiger partial charge < -0.3 is 9.80 Å². The molecule has 0 aliphatic carbocycles. The van der Waals surface area contributed by atoms with E-state index in [1.807, 2.05) is 24.1 Å². The molecule has 0 radical (unpaired) electrons. The number of hydrogen-bond donors (Lipinski definition) is 0. The topological polar surface area (TPSA) is 36.4 Å². The Morgan fingerprint density at radius 3 is 2.78 bits per heavy atom. The maximum absolute atomic E-state index is 12.4. The summed E-state index contributed by atoms with van der Waals surface area (Å²) in [6.45, 7) is 3.44. The van der Waals surface area contributed by atoms with Crippen molar-refractivity contribution in [3.05, 3.63) is 30.1 Å².